The van der Waals surface area contributed by atoms with Gasteiger partial charge in [0.2, 0.25) is 0 Å². The molecule has 0 heterocycles. The average Bonchev–Trinajstić information content (AvgIpc) is 2.28. The number of sulfone groups is 1. The van der Waals surface area contributed by atoms with Crippen molar-refractivity contribution in [2.75, 3.05) is 17.8 Å². The molecule has 1 aliphatic carbocycles. The normalized spacial score (nSPS) is 28.8. The first-order valence-electron chi connectivity index (χ1n) is 6.65. The second-order valence-corrected chi connectivity index (χ2v) is 8.85. The molecule has 1 fully saturated rings. The van der Waals surface area contributed by atoms with Crippen LogP contribution in [0.1, 0.15) is 39.0 Å². The fraction of sp³-hybridized carbons (Fsp3) is 0.923. The van der Waals surface area contributed by atoms with Gasteiger partial charge in [-0.1, -0.05) is 19.8 Å². The Bertz CT molecular complexity index is 386. The Labute approximate surface area is 115 Å². The summed E-state index contributed by atoms with van der Waals surface area (Å²) in [5.74, 6) is 1.70. The van der Waals surface area contributed by atoms with Crippen molar-refractivity contribution in [3.05, 3.63) is 0 Å². The van der Waals surface area contributed by atoms with Crippen LogP contribution >= 0.6 is 11.8 Å². The molecule has 3 unspecified atom stereocenters. The zero-order valence-corrected chi connectivity index (χ0v) is 12.9. The first-order valence-corrected chi connectivity index (χ1v) is 9.76. The maximum Gasteiger partial charge on any atom is 0.148 e. The smallest absolute Gasteiger partial charge is 0.148 e. The minimum absolute atomic E-state index is 0.114. The van der Waals surface area contributed by atoms with E-state index in [1.165, 1.54) is 19.1 Å². The molecule has 0 bridgehead atoms. The van der Waals surface area contributed by atoms with Gasteiger partial charge in [0.1, 0.15) is 9.84 Å². The van der Waals surface area contributed by atoms with Crippen LogP contribution in [0.5, 0.6) is 0 Å². The van der Waals surface area contributed by atoms with Crippen LogP contribution in [0.4, 0.5) is 0 Å². The molecule has 104 valence electrons. The third kappa shape index (κ3) is 5.62. The van der Waals surface area contributed by atoms with E-state index in [4.69, 9.17) is 5.26 Å². The summed E-state index contributed by atoms with van der Waals surface area (Å²) in [4.78, 5) is 0. The maximum atomic E-state index is 11.1. The highest BCUT2D eigenvalue weighted by Gasteiger charge is 2.30. The maximum absolute atomic E-state index is 11.1. The number of thioether (sulfide) groups is 1. The number of hydrogen-bond donors (Lipinski definition) is 0. The Morgan fingerprint density at radius 2 is 2.11 bits per heavy atom. The van der Waals surface area contributed by atoms with Gasteiger partial charge < -0.3 is 0 Å². The van der Waals surface area contributed by atoms with E-state index in [1.807, 2.05) is 0 Å². The standard InChI is InChI=1S/C13H23NO2S2/c1-3-4-11-5-6-12(10-14)13(9-11)17-7-8-18(2,15)16/h11-13H,3-9H2,1-2H3. The zero-order valence-electron chi connectivity index (χ0n) is 11.3. The summed E-state index contributed by atoms with van der Waals surface area (Å²) in [6.45, 7) is 2.20. The Kier molecular flexibility index (Phi) is 6.51. The highest BCUT2D eigenvalue weighted by atomic mass is 32.2. The van der Waals surface area contributed by atoms with Gasteiger partial charge in [0, 0.05) is 17.3 Å². The molecule has 0 aromatic rings. The van der Waals surface area contributed by atoms with Crippen LogP contribution < -0.4 is 0 Å². The van der Waals surface area contributed by atoms with Gasteiger partial charge in [-0.3, -0.25) is 0 Å². The monoisotopic (exact) mass is 289 g/mol. The van der Waals surface area contributed by atoms with Crippen molar-refractivity contribution in [1.29, 1.82) is 5.26 Å². The SMILES string of the molecule is CCCC1CCC(C#N)C(SCCS(C)(=O)=O)C1. The third-order valence-electron chi connectivity index (χ3n) is 3.55. The van der Waals surface area contributed by atoms with Gasteiger partial charge in [-0.25, -0.2) is 8.42 Å². The number of hydrogen-bond acceptors (Lipinski definition) is 4. The van der Waals surface area contributed by atoms with E-state index < -0.39 is 9.84 Å². The van der Waals surface area contributed by atoms with E-state index in [0.29, 0.717) is 11.0 Å². The highest BCUT2D eigenvalue weighted by Crippen LogP contribution is 2.38. The van der Waals surface area contributed by atoms with Crippen molar-refractivity contribution in [3.8, 4) is 6.07 Å². The Morgan fingerprint density at radius 1 is 1.39 bits per heavy atom. The average molecular weight is 289 g/mol. The van der Waals surface area contributed by atoms with Crippen LogP contribution in [0.25, 0.3) is 0 Å². The molecule has 0 spiro atoms. The van der Waals surface area contributed by atoms with Crippen molar-refractivity contribution in [1.82, 2.24) is 0 Å². The molecule has 0 radical (unpaired) electrons. The van der Waals surface area contributed by atoms with Gasteiger partial charge in [0.15, 0.2) is 0 Å². The molecule has 0 amide bonds. The van der Waals surface area contributed by atoms with Crippen molar-refractivity contribution >= 4 is 21.6 Å². The van der Waals surface area contributed by atoms with Gasteiger partial charge in [-0.2, -0.15) is 17.0 Å². The topological polar surface area (TPSA) is 57.9 Å². The second-order valence-electron chi connectivity index (χ2n) is 5.24. The molecule has 1 saturated carbocycles. The molecular weight excluding hydrogens is 266 g/mol. The minimum atomic E-state index is -2.88. The van der Waals surface area contributed by atoms with Crippen LogP contribution in [0, 0.1) is 23.2 Å². The first kappa shape index (κ1) is 15.8. The summed E-state index contributed by atoms with van der Waals surface area (Å²) < 4.78 is 22.2. The van der Waals surface area contributed by atoms with Gasteiger partial charge in [-0.05, 0) is 25.2 Å². The summed E-state index contributed by atoms with van der Waals surface area (Å²) in [7, 11) is -2.88. The summed E-state index contributed by atoms with van der Waals surface area (Å²) in [5, 5.41) is 9.49. The predicted octanol–water partition coefficient (Wildman–Crippen LogP) is 2.87. The molecule has 0 aromatic carbocycles. The van der Waals surface area contributed by atoms with Gasteiger partial charge in [0.25, 0.3) is 0 Å². The summed E-state index contributed by atoms with van der Waals surface area (Å²) in [5.41, 5.74) is 0. The largest absolute Gasteiger partial charge is 0.229 e. The van der Waals surface area contributed by atoms with Crippen molar-refractivity contribution in [2.24, 2.45) is 11.8 Å². The van der Waals surface area contributed by atoms with Crippen LogP contribution in [0.15, 0.2) is 0 Å². The molecule has 1 aliphatic rings. The minimum Gasteiger partial charge on any atom is -0.229 e. The van der Waals surface area contributed by atoms with E-state index in [9.17, 15) is 8.42 Å². The van der Waals surface area contributed by atoms with Gasteiger partial charge in [-0.15, -0.1) is 0 Å². The molecule has 0 N–H and O–H groups in total. The number of rotatable bonds is 6. The fourth-order valence-electron chi connectivity index (χ4n) is 2.56. The molecule has 3 atom stereocenters. The summed E-state index contributed by atoms with van der Waals surface area (Å²) in [6.07, 6.45) is 6.94. The fourth-order valence-corrected chi connectivity index (χ4v) is 5.30. The summed E-state index contributed by atoms with van der Waals surface area (Å²) in [6, 6.07) is 2.39. The van der Waals surface area contributed by atoms with Crippen LogP contribution in [0.2, 0.25) is 0 Å². The predicted molar refractivity (Wildman–Crippen MR) is 77.3 cm³/mol. The van der Waals surface area contributed by atoms with Crippen molar-refractivity contribution < 1.29 is 8.42 Å². The first-order chi connectivity index (χ1) is 8.46. The van der Waals surface area contributed by atoms with Gasteiger partial charge in [0.05, 0.1) is 17.7 Å². The zero-order chi connectivity index (χ0) is 13.6. The lowest BCUT2D eigenvalue weighted by Crippen LogP contribution is -2.27. The molecule has 5 heteroatoms. The lowest BCUT2D eigenvalue weighted by molar-refractivity contribution is 0.307. The Morgan fingerprint density at radius 3 is 2.67 bits per heavy atom. The van der Waals surface area contributed by atoms with E-state index in [2.05, 4.69) is 13.0 Å². The third-order valence-corrected chi connectivity index (χ3v) is 6.14. The van der Waals surface area contributed by atoms with Crippen molar-refractivity contribution in [3.63, 3.8) is 0 Å². The molecule has 0 aliphatic heterocycles. The Hall–Kier alpha value is -0.210. The quantitative estimate of drug-likeness (QED) is 0.754. The van der Waals surface area contributed by atoms with Crippen LogP contribution in [0.3, 0.4) is 0 Å². The molecule has 0 saturated heterocycles. The molecular formula is C13H23NO2S2. The molecule has 1 rings (SSSR count). The van der Waals surface area contributed by atoms with E-state index >= 15 is 0 Å². The Balaban J connectivity index is 2.45. The van der Waals surface area contributed by atoms with Crippen molar-refractivity contribution in [2.45, 2.75) is 44.3 Å². The second kappa shape index (κ2) is 7.40. The van der Waals surface area contributed by atoms with E-state index in [0.717, 1.165) is 25.2 Å². The highest BCUT2D eigenvalue weighted by molar-refractivity contribution is 8.01. The lowest BCUT2D eigenvalue weighted by atomic mass is 9.80. The molecule has 0 aromatic heterocycles. The summed E-state index contributed by atoms with van der Waals surface area (Å²) >= 11 is 1.68. The molecule has 18 heavy (non-hydrogen) atoms. The van der Waals surface area contributed by atoms with E-state index in [-0.39, 0.29) is 11.7 Å². The lowest BCUT2D eigenvalue weighted by Gasteiger charge is -2.32. The van der Waals surface area contributed by atoms with Crippen LogP contribution in [-0.4, -0.2) is 31.4 Å². The van der Waals surface area contributed by atoms with Crippen LogP contribution in [-0.2, 0) is 9.84 Å². The van der Waals surface area contributed by atoms with E-state index in [1.54, 1.807) is 11.8 Å². The van der Waals surface area contributed by atoms with Gasteiger partial charge >= 0.3 is 0 Å². The number of nitriles is 1. The number of nitrogens with zero attached hydrogens (tertiary/aromatic N) is 1. The molecule has 3 nitrogen and oxygen atoms in total.